The Kier molecular flexibility index (Phi) is 5.78. The molecule has 6 rings (SSSR count). The number of aryl methyl sites for hydroxylation is 2. The minimum Gasteiger partial charge on any atom is -0.494 e. The second-order valence-corrected chi connectivity index (χ2v) is 10.3. The number of nitrogens with one attached hydrogen (secondary N) is 1. The maximum absolute atomic E-state index is 15.2. The summed E-state index contributed by atoms with van der Waals surface area (Å²) in [5.41, 5.74) is 3.96. The highest BCUT2D eigenvalue weighted by atomic mass is 19.1. The standard InChI is InChI=1S/C26H30FN9O2/c1-16-11-35(32-30-16)22-5-6-23(38-4)24(27)20(22)10-28-25(37)21-14-34(17(2)29-21)12-18-9-19-13-33(3)15-26(7-8-26)36(19)31-18/h5-6,9,11,14H,7-8,10,12-13,15H2,1-4H3,(H,28,37). The van der Waals surface area contributed by atoms with Gasteiger partial charge in [0.25, 0.3) is 5.91 Å². The molecule has 4 aromatic rings. The van der Waals surface area contributed by atoms with Crippen LogP contribution in [0.1, 0.15) is 51.8 Å². The molecule has 1 aliphatic carbocycles. The number of hydrogen-bond acceptors (Lipinski definition) is 7. The van der Waals surface area contributed by atoms with Crippen molar-refractivity contribution in [3.05, 3.63) is 70.6 Å². The fraction of sp³-hybridized carbons (Fsp3) is 0.423. The van der Waals surface area contributed by atoms with Gasteiger partial charge in [-0.15, -0.1) is 5.10 Å². The van der Waals surface area contributed by atoms with Crippen LogP contribution in [-0.4, -0.2) is 65.8 Å². The maximum atomic E-state index is 15.2. The Balaban J connectivity index is 1.19. The summed E-state index contributed by atoms with van der Waals surface area (Å²) in [6, 6.07) is 5.35. The molecule has 12 heteroatoms. The van der Waals surface area contributed by atoms with Crippen molar-refractivity contribution in [1.82, 2.24) is 44.5 Å². The molecule has 3 aromatic heterocycles. The minimum atomic E-state index is -0.567. The third kappa shape index (κ3) is 4.24. The summed E-state index contributed by atoms with van der Waals surface area (Å²) in [5.74, 6) is -0.192. The van der Waals surface area contributed by atoms with E-state index in [-0.39, 0.29) is 29.1 Å². The van der Waals surface area contributed by atoms with E-state index in [0.29, 0.717) is 23.8 Å². The Morgan fingerprint density at radius 2 is 2.05 bits per heavy atom. The molecule has 1 fully saturated rings. The van der Waals surface area contributed by atoms with E-state index in [0.717, 1.165) is 31.6 Å². The molecule has 2 aliphatic rings. The van der Waals surface area contributed by atoms with Crippen LogP contribution in [0.3, 0.4) is 0 Å². The minimum absolute atomic E-state index is 0.0780. The molecule has 1 spiro atoms. The largest absolute Gasteiger partial charge is 0.494 e. The summed E-state index contributed by atoms with van der Waals surface area (Å²) in [6.45, 7) is 6.00. The second kappa shape index (κ2) is 9.05. The highest BCUT2D eigenvalue weighted by Crippen LogP contribution is 2.46. The molecule has 38 heavy (non-hydrogen) atoms. The number of aromatic nitrogens is 7. The van der Waals surface area contributed by atoms with E-state index in [1.165, 1.54) is 23.6 Å². The van der Waals surface area contributed by atoms with Crippen LogP contribution in [0.2, 0.25) is 0 Å². The molecular weight excluding hydrogens is 489 g/mol. The Hall–Kier alpha value is -4.06. The van der Waals surface area contributed by atoms with Gasteiger partial charge in [-0.3, -0.25) is 14.4 Å². The van der Waals surface area contributed by atoms with Gasteiger partial charge in [-0.05, 0) is 51.9 Å². The summed E-state index contributed by atoms with van der Waals surface area (Å²) >= 11 is 0. The van der Waals surface area contributed by atoms with Crippen molar-refractivity contribution in [2.45, 2.75) is 51.9 Å². The van der Waals surface area contributed by atoms with Crippen molar-refractivity contribution in [3.8, 4) is 11.4 Å². The first-order chi connectivity index (χ1) is 18.3. The number of ether oxygens (including phenoxy) is 1. The fourth-order valence-corrected chi connectivity index (χ4v) is 5.30. The summed E-state index contributed by atoms with van der Waals surface area (Å²) in [7, 11) is 3.54. The smallest absolute Gasteiger partial charge is 0.271 e. The topological polar surface area (TPSA) is 108 Å². The Bertz CT molecular complexity index is 1530. The number of halogens is 1. The molecule has 0 bridgehead atoms. The highest BCUT2D eigenvalue weighted by molar-refractivity contribution is 5.92. The van der Waals surface area contributed by atoms with Gasteiger partial charge >= 0.3 is 0 Å². The van der Waals surface area contributed by atoms with Crippen LogP contribution in [-0.2, 0) is 25.2 Å². The molecule has 0 saturated heterocycles. The molecule has 0 unspecified atom stereocenters. The third-order valence-electron chi connectivity index (χ3n) is 7.33. The molecular formula is C26H30FN9O2. The molecule has 11 nitrogen and oxygen atoms in total. The van der Waals surface area contributed by atoms with E-state index >= 15 is 4.39 Å². The Labute approximate surface area is 219 Å². The lowest BCUT2D eigenvalue weighted by atomic mass is 10.1. The number of amides is 1. The highest BCUT2D eigenvalue weighted by Gasteiger charge is 2.49. The SMILES string of the molecule is COc1ccc(-n2cc(C)nn2)c(CNC(=O)c2cn(Cc3cc4n(n3)C3(CC3)CN(C)C4)c(C)n2)c1F. The molecule has 198 valence electrons. The van der Waals surface area contributed by atoms with E-state index in [9.17, 15) is 4.79 Å². The predicted octanol–water partition coefficient (Wildman–Crippen LogP) is 2.34. The van der Waals surface area contributed by atoms with Crippen molar-refractivity contribution in [2.24, 2.45) is 0 Å². The summed E-state index contributed by atoms with van der Waals surface area (Å²) in [4.78, 5) is 19.8. The predicted molar refractivity (Wildman–Crippen MR) is 136 cm³/mol. The van der Waals surface area contributed by atoms with Gasteiger partial charge in [0.1, 0.15) is 11.5 Å². The number of carbonyl (C=O) groups is 1. The number of nitrogens with zero attached hydrogens (tertiary/aromatic N) is 8. The van der Waals surface area contributed by atoms with Gasteiger partial charge in [-0.25, -0.2) is 14.1 Å². The number of fused-ring (bicyclic) bond motifs is 2. The third-order valence-corrected chi connectivity index (χ3v) is 7.33. The summed E-state index contributed by atoms with van der Waals surface area (Å²) in [6.07, 6.45) is 5.72. The zero-order valence-electron chi connectivity index (χ0n) is 21.9. The lowest BCUT2D eigenvalue weighted by Gasteiger charge is -2.31. The van der Waals surface area contributed by atoms with Crippen LogP contribution in [0.15, 0.2) is 30.6 Å². The van der Waals surface area contributed by atoms with Crippen molar-refractivity contribution in [1.29, 1.82) is 0 Å². The van der Waals surface area contributed by atoms with Gasteiger partial charge in [0, 0.05) is 31.4 Å². The van der Waals surface area contributed by atoms with Gasteiger partial charge in [0.05, 0.1) is 48.2 Å². The molecule has 1 saturated carbocycles. The second-order valence-electron chi connectivity index (χ2n) is 10.3. The number of likely N-dealkylation sites (N-methyl/N-ethyl adjacent to an activating group) is 1. The number of hydrogen-bond donors (Lipinski definition) is 1. The van der Waals surface area contributed by atoms with Crippen molar-refractivity contribution in [3.63, 3.8) is 0 Å². The van der Waals surface area contributed by atoms with Crippen LogP contribution < -0.4 is 10.1 Å². The first-order valence-electron chi connectivity index (χ1n) is 12.6. The van der Waals surface area contributed by atoms with E-state index in [2.05, 4.69) is 43.3 Å². The van der Waals surface area contributed by atoms with E-state index in [1.54, 1.807) is 25.4 Å². The maximum Gasteiger partial charge on any atom is 0.271 e. The van der Waals surface area contributed by atoms with Crippen molar-refractivity contribution in [2.75, 3.05) is 20.7 Å². The van der Waals surface area contributed by atoms with Crippen molar-refractivity contribution < 1.29 is 13.9 Å². The molecule has 0 radical (unpaired) electrons. The number of rotatable bonds is 7. The Morgan fingerprint density at radius 3 is 2.76 bits per heavy atom. The molecule has 4 heterocycles. The van der Waals surface area contributed by atoms with Crippen LogP contribution in [0.5, 0.6) is 5.75 Å². The zero-order valence-corrected chi connectivity index (χ0v) is 21.9. The van der Waals surface area contributed by atoms with Gasteiger partial charge in [0.15, 0.2) is 11.6 Å². The number of carbonyl (C=O) groups excluding carboxylic acids is 1. The molecule has 1 amide bonds. The van der Waals surface area contributed by atoms with E-state index < -0.39 is 11.7 Å². The normalized spacial score (nSPS) is 16.0. The number of methoxy groups -OCH3 is 1. The van der Waals surface area contributed by atoms with Gasteiger partial charge in [0.2, 0.25) is 0 Å². The first-order valence-corrected chi connectivity index (χ1v) is 12.6. The van der Waals surface area contributed by atoms with Crippen molar-refractivity contribution >= 4 is 5.91 Å². The quantitative estimate of drug-likeness (QED) is 0.399. The van der Waals surface area contributed by atoms with Crippen LogP contribution >= 0.6 is 0 Å². The summed E-state index contributed by atoms with van der Waals surface area (Å²) < 4.78 is 25.9. The van der Waals surface area contributed by atoms with Gasteiger partial charge < -0.3 is 14.6 Å². The lowest BCUT2D eigenvalue weighted by molar-refractivity contribution is 0.0945. The van der Waals surface area contributed by atoms with E-state index in [1.807, 2.05) is 11.5 Å². The first kappa shape index (κ1) is 24.3. The van der Waals surface area contributed by atoms with Crippen LogP contribution in [0.25, 0.3) is 5.69 Å². The monoisotopic (exact) mass is 519 g/mol. The van der Waals surface area contributed by atoms with E-state index in [4.69, 9.17) is 9.84 Å². The van der Waals surface area contributed by atoms with Gasteiger partial charge in [-0.1, -0.05) is 5.21 Å². The Morgan fingerprint density at radius 1 is 1.24 bits per heavy atom. The molecule has 1 N–H and O–H groups in total. The fourth-order valence-electron chi connectivity index (χ4n) is 5.30. The number of benzene rings is 1. The lowest BCUT2D eigenvalue weighted by Crippen LogP contribution is -2.40. The van der Waals surface area contributed by atoms with Crippen LogP contribution in [0, 0.1) is 19.7 Å². The zero-order chi connectivity index (χ0) is 26.6. The number of imidazole rings is 1. The van der Waals surface area contributed by atoms with Crippen LogP contribution in [0.4, 0.5) is 4.39 Å². The average Bonchev–Trinajstić information content (AvgIpc) is 3.18. The van der Waals surface area contributed by atoms with Gasteiger partial charge in [-0.2, -0.15) is 5.10 Å². The summed E-state index contributed by atoms with van der Waals surface area (Å²) in [5, 5.41) is 15.7. The molecule has 1 aromatic carbocycles. The molecule has 0 atom stereocenters. The molecule has 1 aliphatic heterocycles. The average molecular weight is 520 g/mol.